The highest BCUT2D eigenvalue weighted by Crippen LogP contribution is 2.19. The van der Waals surface area contributed by atoms with Crippen LogP contribution in [-0.4, -0.2) is 20.9 Å². The highest BCUT2D eigenvalue weighted by molar-refractivity contribution is 5.19. The van der Waals surface area contributed by atoms with Gasteiger partial charge in [-0.3, -0.25) is 4.68 Å². The van der Waals surface area contributed by atoms with Gasteiger partial charge in [0.2, 0.25) is 0 Å². The Morgan fingerprint density at radius 2 is 2.31 bits per heavy atom. The zero-order valence-electron chi connectivity index (χ0n) is 8.36. The van der Waals surface area contributed by atoms with Crippen LogP contribution < -0.4 is 5.73 Å². The van der Waals surface area contributed by atoms with Gasteiger partial charge in [0.1, 0.15) is 0 Å². The van der Waals surface area contributed by atoms with Gasteiger partial charge in [0, 0.05) is 24.8 Å². The Hall–Kier alpha value is -0.870. The van der Waals surface area contributed by atoms with Gasteiger partial charge in [0.05, 0.1) is 11.8 Å². The molecular weight excluding hydrogens is 166 g/mol. The molecule has 0 fully saturated rings. The second-order valence-corrected chi connectivity index (χ2v) is 3.36. The Kier molecular flexibility index (Phi) is 3.06. The number of aromatic nitrogens is 2. The number of aliphatic hydroxyl groups is 1. The average molecular weight is 183 g/mol. The van der Waals surface area contributed by atoms with Gasteiger partial charge in [-0.2, -0.15) is 5.10 Å². The molecule has 0 saturated heterocycles. The molecule has 0 saturated carbocycles. The molecule has 74 valence electrons. The molecule has 3 N–H and O–H groups in total. The molecule has 1 heterocycles. The first-order valence-corrected chi connectivity index (χ1v) is 4.50. The minimum Gasteiger partial charge on any atom is -0.387 e. The van der Waals surface area contributed by atoms with E-state index in [0.29, 0.717) is 0 Å². The summed E-state index contributed by atoms with van der Waals surface area (Å²) in [6, 6.07) is -0.206. The van der Waals surface area contributed by atoms with Gasteiger partial charge in [-0.1, -0.05) is 6.92 Å². The first-order valence-electron chi connectivity index (χ1n) is 4.50. The van der Waals surface area contributed by atoms with E-state index in [1.165, 1.54) is 0 Å². The van der Waals surface area contributed by atoms with Crippen molar-refractivity contribution in [3.63, 3.8) is 0 Å². The first-order chi connectivity index (χ1) is 6.06. The van der Waals surface area contributed by atoms with Gasteiger partial charge >= 0.3 is 0 Å². The molecule has 1 rings (SSSR count). The Balaban J connectivity index is 2.87. The largest absolute Gasteiger partial charge is 0.387 e. The summed E-state index contributed by atoms with van der Waals surface area (Å²) < 4.78 is 1.69. The van der Waals surface area contributed by atoms with Crippen molar-refractivity contribution in [1.82, 2.24) is 9.78 Å². The van der Waals surface area contributed by atoms with Gasteiger partial charge in [-0.15, -0.1) is 0 Å². The first kappa shape index (κ1) is 10.2. The summed E-state index contributed by atoms with van der Waals surface area (Å²) in [6.07, 6.45) is 1.98. The van der Waals surface area contributed by atoms with E-state index in [1.54, 1.807) is 4.68 Å². The van der Waals surface area contributed by atoms with Gasteiger partial charge < -0.3 is 10.8 Å². The van der Waals surface area contributed by atoms with Crippen LogP contribution in [0.5, 0.6) is 0 Å². The maximum absolute atomic E-state index is 9.80. The summed E-state index contributed by atoms with van der Waals surface area (Å²) in [4.78, 5) is 0. The highest BCUT2D eigenvalue weighted by Gasteiger charge is 2.18. The summed E-state index contributed by atoms with van der Waals surface area (Å²) in [7, 11) is 1.83. The van der Waals surface area contributed by atoms with Crippen LogP contribution in [-0.2, 0) is 7.05 Å². The average Bonchev–Trinajstić information content (AvgIpc) is 2.42. The fraction of sp³-hybridized carbons (Fsp3) is 0.667. The van der Waals surface area contributed by atoms with E-state index in [-0.39, 0.29) is 6.04 Å². The lowest BCUT2D eigenvalue weighted by Crippen LogP contribution is -2.27. The summed E-state index contributed by atoms with van der Waals surface area (Å²) in [6.45, 7) is 3.83. The number of rotatable bonds is 3. The summed E-state index contributed by atoms with van der Waals surface area (Å²) in [5, 5.41) is 14.0. The molecule has 0 amide bonds. The van der Waals surface area contributed by atoms with Crippen LogP contribution >= 0.6 is 0 Å². The Labute approximate surface area is 78.4 Å². The lowest BCUT2D eigenvalue weighted by atomic mass is 10.0. The second-order valence-electron chi connectivity index (χ2n) is 3.36. The van der Waals surface area contributed by atoms with Crippen molar-refractivity contribution in [3.05, 3.63) is 17.5 Å². The number of nitrogens with zero attached hydrogens (tertiary/aromatic N) is 2. The Morgan fingerprint density at radius 3 is 2.69 bits per heavy atom. The quantitative estimate of drug-likeness (QED) is 0.717. The normalized spacial score (nSPS) is 15.8. The smallest absolute Gasteiger partial charge is 0.0973 e. The van der Waals surface area contributed by atoms with E-state index < -0.39 is 6.10 Å². The molecule has 0 aromatic carbocycles. The molecular formula is C9H17N3O. The van der Waals surface area contributed by atoms with Crippen molar-refractivity contribution in [3.8, 4) is 0 Å². The van der Waals surface area contributed by atoms with Crippen molar-refractivity contribution in [2.45, 2.75) is 32.4 Å². The Morgan fingerprint density at radius 1 is 1.69 bits per heavy atom. The molecule has 1 aromatic rings. The number of nitrogens with two attached hydrogens (primary N) is 1. The van der Waals surface area contributed by atoms with Crippen molar-refractivity contribution in [1.29, 1.82) is 0 Å². The fourth-order valence-corrected chi connectivity index (χ4v) is 1.36. The van der Waals surface area contributed by atoms with Crippen molar-refractivity contribution in [2.75, 3.05) is 0 Å². The highest BCUT2D eigenvalue weighted by atomic mass is 16.3. The molecule has 4 heteroatoms. The van der Waals surface area contributed by atoms with E-state index in [2.05, 4.69) is 5.10 Å². The van der Waals surface area contributed by atoms with Gasteiger partial charge in [0.25, 0.3) is 0 Å². The maximum Gasteiger partial charge on any atom is 0.0973 e. The number of aliphatic hydroxyl groups excluding tert-OH is 1. The van der Waals surface area contributed by atoms with Crippen LogP contribution in [0.1, 0.15) is 30.7 Å². The predicted molar refractivity (Wildman–Crippen MR) is 51.2 cm³/mol. The number of hydrogen-bond acceptors (Lipinski definition) is 3. The van der Waals surface area contributed by atoms with Crippen LogP contribution in [0.2, 0.25) is 0 Å². The van der Waals surface area contributed by atoms with E-state index in [1.807, 2.05) is 27.1 Å². The SMILES string of the molecule is CC[C@@H](N)C(O)c1cn(C)nc1C. The van der Waals surface area contributed by atoms with Gasteiger partial charge in [-0.05, 0) is 13.3 Å². The molecule has 0 aliphatic heterocycles. The van der Waals surface area contributed by atoms with E-state index in [9.17, 15) is 5.11 Å². The van der Waals surface area contributed by atoms with Crippen LogP contribution in [0, 0.1) is 6.92 Å². The molecule has 0 aliphatic carbocycles. The zero-order valence-corrected chi connectivity index (χ0v) is 8.36. The van der Waals surface area contributed by atoms with Crippen LogP contribution in [0.4, 0.5) is 0 Å². The third-order valence-corrected chi connectivity index (χ3v) is 2.25. The third-order valence-electron chi connectivity index (χ3n) is 2.25. The van der Waals surface area contributed by atoms with Gasteiger partial charge in [0.15, 0.2) is 0 Å². The fourth-order valence-electron chi connectivity index (χ4n) is 1.36. The molecule has 0 aliphatic rings. The molecule has 0 spiro atoms. The van der Waals surface area contributed by atoms with E-state index >= 15 is 0 Å². The van der Waals surface area contributed by atoms with Crippen molar-refractivity contribution >= 4 is 0 Å². The molecule has 4 nitrogen and oxygen atoms in total. The van der Waals surface area contributed by atoms with E-state index in [0.717, 1.165) is 17.7 Å². The standard InChI is InChI=1S/C9H17N3O/c1-4-8(10)9(13)7-5-12(3)11-6(7)2/h5,8-9,13H,4,10H2,1-3H3/t8-,9?/m1/s1. The minimum atomic E-state index is -0.598. The predicted octanol–water partition coefficient (Wildman–Crippen LogP) is 0.499. The topological polar surface area (TPSA) is 64.1 Å². The third kappa shape index (κ3) is 2.08. The lowest BCUT2D eigenvalue weighted by molar-refractivity contribution is 0.143. The zero-order chi connectivity index (χ0) is 10.0. The molecule has 0 radical (unpaired) electrons. The molecule has 1 aromatic heterocycles. The second kappa shape index (κ2) is 3.89. The monoisotopic (exact) mass is 183 g/mol. The maximum atomic E-state index is 9.80. The molecule has 13 heavy (non-hydrogen) atoms. The van der Waals surface area contributed by atoms with Crippen molar-refractivity contribution in [2.24, 2.45) is 12.8 Å². The molecule has 1 unspecified atom stereocenters. The van der Waals surface area contributed by atoms with Crippen molar-refractivity contribution < 1.29 is 5.11 Å². The summed E-state index contributed by atoms with van der Waals surface area (Å²) >= 11 is 0. The summed E-state index contributed by atoms with van der Waals surface area (Å²) in [5.74, 6) is 0. The van der Waals surface area contributed by atoms with E-state index in [4.69, 9.17) is 5.73 Å². The van der Waals surface area contributed by atoms with Gasteiger partial charge in [-0.25, -0.2) is 0 Å². The summed E-state index contributed by atoms with van der Waals surface area (Å²) in [5.41, 5.74) is 7.42. The molecule has 0 bridgehead atoms. The molecule has 2 atom stereocenters. The van der Waals surface area contributed by atoms with Crippen LogP contribution in [0.15, 0.2) is 6.20 Å². The minimum absolute atomic E-state index is 0.206. The van der Waals surface area contributed by atoms with Crippen LogP contribution in [0.3, 0.4) is 0 Å². The lowest BCUT2D eigenvalue weighted by Gasteiger charge is -2.15. The van der Waals surface area contributed by atoms with Crippen LogP contribution in [0.25, 0.3) is 0 Å². The number of aryl methyl sites for hydroxylation is 2. The number of hydrogen-bond donors (Lipinski definition) is 2. The Bertz CT molecular complexity index is 282.